The highest BCUT2D eigenvalue weighted by molar-refractivity contribution is 5.84. The molecule has 9 heteroatoms. The normalized spacial score (nSPS) is 30.9. The number of hydrogen-bond acceptors (Lipinski definition) is 8. The predicted molar refractivity (Wildman–Crippen MR) is 173 cm³/mol. The van der Waals surface area contributed by atoms with Crippen molar-refractivity contribution in [3.05, 3.63) is 23.8 Å². The number of allylic oxidation sites excluding steroid dienone is 3. The number of hydrogen-bond donors (Lipinski definition) is 4. The highest BCUT2D eigenvalue weighted by Gasteiger charge is 2.27. The van der Waals surface area contributed by atoms with E-state index in [4.69, 9.17) is 9.47 Å². The fraction of sp³-hybridized carbons (Fsp3) is 0.800. The zero-order valence-electron chi connectivity index (χ0n) is 28.0. The van der Waals surface area contributed by atoms with Gasteiger partial charge in [0.2, 0.25) is 0 Å². The van der Waals surface area contributed by atoms with E-state index in [2.05, 4.69) is 25.2 Å². The number of esters is 1. The molecule has 1 heterocycles. The van der Waals surface area contributed by atoms with Crippen molar-refractivity contribution in [2.24, 2.45) is 17.8 Å². The van der Waals surface area contributed by atoms with E-state index in [9.17, 15) is 29.7 Å². The van der Waals surface area contributed by atoms with Gasteiger partial charge in [0.1, 0.15) is 5.78 Å². The molecule has 1 rings (SSSR count). The van der Waals surface area contributed by atoms with Crippen molar-refractivity contribution in [1.82, 2.24) is 5.32 Å². The molecule has 0 bridgehead atoms. The first-order valence-corrected chi connectivity index (χ1v) is 16.9. The Morgan fingerprint density at radius 3 is 2.34 bits per heavy atom. The number of carbonyl (C=O) groups excluding carboxylic acids is 3. The van der Waals surface area contributed by atoms with Crippen LogP contribution in [-0.2, 0) is 23.9 Å². The predicted octanol–water partition coefficient (Wildman–Crippen LogP) is 5.20. The molecule has 9 nitrogen and oxygen atoms in total. The lowest BCUT2D eigenvalue weighted by molar-refractivity contribution is -0.160. The molecule has 0 aliphatic carbocycles. The third kappa shape index (κ3) is 17.4. The van der Waals surface area contributed by atoms with Crippen LogP contribution in [0.5, 0.6) is 0 Å². The largest absolute Gasteiger partial charge is 0.452 e. The zero-order chi connectivity index (χ0) is 32.9. The van der Waals surface area contributed by atoms with Crippen LogP contribution in [0, 0.1) is 17.8 Å². The second kappa shape index (κ2) is 23.3. The maximum absolute atomic E-state index is 12.8. The Morgan fingerprint density at radius 2 is 1.66 bits per heavy atom. The molecule has 0 saturated heterocycles. The molecule has 4 N–H and O–H groups in total. The Labute approximate surface area is 265 Å². The second-order valence-corrected chi connectivity index (χ2v) is 12.8. The van der Waals surface area contributed by atoms with Crippen molar-refractivity contribution in [2.45, 2.75) is 142 Å². The van der Waals surface area contributed by atoms with Gasteiger partial charge in [0.15, 0.2) is 6.10 Å². The molecule has 1 amide bonds. The number of nitrogens with one attached hydrogen (secondary N) is 1. The number of β-amino-alcohol motifs (C(OH)–C–C–N with tert-alkyl or cyclic N) is 1. The smallest absolute Gasteiger partial charge is 0.309 e. The van der Waals surface area contributed by atoms with E-state index in [0.717, 1.165) is 44.1 Å². The Kier molecular flexibility index (Phi) is 21.2. The summed E-state index contributed by atoms with van der Waals surface area (Å²) in [6, 6.07) is 0. The van der Waals surface area contributed by atoms with Crippen molar-refractivity contribution < 1.29 is 39.2 Å². The average molecular weight is 624 g/mol. The second-order valence-electron chi connectivity index (χ2n) is 12.8. The molecule has 1 aliphatic rings. The molecule has 0 aromatic carbocycles. The van der Waals surface area contributed by atoms with Crippen molar-refractivity contribution >= 4 is 17.7 Å². The minimum absolute atomic E-state index is 0.113. The Morgan fingerprint density at radius 1 is 0.932 bits per heavy atom. The first kappa shape index (κ1) is 40.0. The van der Waals surface area contributed by atoms with Crippen LogP contribution in [0.15, 0.2) is 23.8 Å². The summed E-state index contributed by atoms with van der Waals surface area (Å²) in [6.07, 6.45) is 10.9. The first-order valence-electron chi connectivity index (χ1n) is 16.9. The lowest BCUT2D eigenvalue weighted by atomic mass is 9.92. The summed E-state index contributed by atoms with van der Waals surface area (Å²) in [5, 5.41) is 34.1. The van der Waals surface area contributed by atoms with Crippen LogP contribution in [-0.4, -0.2) is 77.7 Å². The lowest BCUT2D eigenvalue weighted by Gasteiger charge is -2.23. The van der Waals surface area contributed by atoms with Gasteiger partial charge in [-0.05, 0) is 68.8 Å². The van der Waals surface area contributed by atoms with Gasteiger partial charge >= 0.3 is 5.97 Å². The summed E-state index contributed by atoms with van der Waals surface area (Å²) >= 11 is 0. The molecule has 0 spiro atoms. The minimum atomic E-state index is -1.17. The molecule has 254 valence electrons. The first-order chi connectivity index (χ1) is 21.0. The van der Waals surface area contributed by atoms with Gasteiger partial charge in [-0.3, -0.25) is 14.4 Å². The number of aliphatic hydroxyl groups excluding tert-OH is 3. The van der Waals surface area contributed by atoms with Gasteiger partial charge in [-0.1, -0.05) is 65.2 Å². The quantitative estimate of drug-likeness (QED) is 0.306. The molecule has 7 atom stereocenters. The lowest BCUT2D eigenvalue weighted by Crippen LogP contribution is -2.43. The van der Waals surface area contributed by atoms with Crippen LogP contribution in [0.3, 0.4) is 0 Å². The molecule has 0 aromatic rings. The van der Waals surface area contributed by atoms with Gasteiger partial charge < -0.3 is 30.1 Å². The number of ketones is 1. The van der Waals surface area contributed by atoms with Crippen molar-refractivity contribution in [2.75, 3.05) is 20.3 Å². The van der Waals surface area contributed by atoms with E-state index >= 15 is 0 Å². The molecule has 1 aliphatic heterocycles. The van der Waals surface area contributed by atoms with Crippen LogP contribution in [0.25, 0.3) is 0 Å². The number of methoxy groups -OCH3 is 1. The summed E-state index contributed by atoms with van der Waals surface area (Å²) in [5.74, 6) is -0.318. The van der Waals surface area contributed by atoms with Gasteiger partial charge in [-0.2, -0.15) is 0 Å². The number of cyclic esters (lactones) is 1. The number of amides is 1. The Hall–Kier alpha value is -2.07. The molecular formula is C35H61NO8. The zero-order valence-corrected chi connectivity index (χ0v) is 28.0. The van der Waals surface area contributed by atoms with E-state index in [0.29, 0.717) is 56.8 Å². The number of aliphatic hydroxyl groups is 3. The van der Waals surface area contributed by atoms with E-state index in [1.807, 2.05) is 26.0 Å². The van der Waals surface area contributed by atoms with E-state index < -0.39 is 36.3 Å². The van der Waals surface area contributed by atoms with Gasteiger partial charge in [-0.25, -0.2) is 0 Å². The van der Waals surface area contributed by atoms with Crippen LogP contribution in [0.2, 0.25) is 0 Å². The van der Waals surface area contributed by atoms with Crippen molar-refractivity contribution in [1.29, 1.82) is 0 Å². The summed E-state index contributed by atoms with van der Waals surface area (Å²) in [6.45, 7) is 8.21. The van der Waals surface area contributed by atoms with Crippen LogP contribution >= 0.6 is 0 Å². The molecule has 0 saturated carbocycles. The fourth-order valence-corrected chi connectivity index (χ4v) is 5.63. The van der Waals surface area contributed by atoms with Crippen molar-refractivity contribution in [3.63, 3.8) is 0 Å². The third-order valence-corrected chi connectivity index (χ3v) is 8.49. The molecule has 0 radical (unpaired) electrons. The van der Waals surface area contributed by atoms with Crippen LogP contribution < -0.4 is 5.32 Å². The van der Waals surface area contributed by atoms with E-state index in [-0.39, 0.29) is 31.2 Å². The number of carbonyl (C=O) groups is 3. The molecule has 44 heavy (non-hydrogen) atoms. The molecular weight excluding hydrogens is 562 g/mol. The van der Waals surface area contributed by atoms with Gasteiger partial charge in [0.05, 0.1) is 30.8 Å². The van der Waals surface area contributed by atoms with Crippen LogP contribution in [0.4, 0.5) is 0 Å². The monoisotopic (exact) mass is 623 g/mol. The minimum Gasteiger partial charge on any atom is -0.452 e. The average Bonchev–Trinajstić information content (AvgIpc) is 2.98. The fourth-order valence-electron chi connectivity index (χ4n) is 5.63. The SMILES string of the molecule is CCC[C@@H]1OC(=O)[C@H](C)C[C@H](C)CCCCC(=O)CCC[C@H](CC)C=CC=C(COC)CC[C@H](O)[C@H](O)C[C@H](O)CNC1=O. The maximum Gasteiger partial charge on any atom is 0.309 e. The molecule has 0 aromatic heterocycles. The number of rotatable bonds is 5. The summed E-state index contributed by atoms with van der Waals surface area (Å²) < 4.78 is 10.9. The standard InChI is InChI=1S/C35H61NO8/c1-6-12-33-34(41)36-23-30(38)22-32(40)31(39)20-19-28(24-43-5)16-10-14-27(7-2)15-11-18-29(37)17-9-8-13-25(3)21-26(4)35(42)44-33/h10,14,16,25-27,30-33,38-40H,6-9,11-13,15,17-24H2,1-5H3,(H,36,41)/t25-,26-,27-,30+,31+,32-,33+/m1/s1. The Bertz CT molecular complexity index is 888. The van der Waals surface area contributed by atoms with E-state index in [1.54, 1.807) is 7.11 Å². The highest BCUT2D eigenvalue weighted by Crippen LogP contribution is 2.22. The van der Waals surface area contributed by atoms with Gasteiger partial charge in [-0.15, -0.1) is 0 Å². The van der Waals surface area contributed by atoms with Gasteiger partial charge in [0, 0.05) is 32.9 Å². The molecule has 0 unspecified atom stereocenters. The summed E-state index contributed by atoms with van der Waals surface area (Å²) in [4.78, 5) is 38.1. The Balaban J connectivity index is 2.96. The van der Waals surface area contributed by atoms with Crippen LogP contribution in [0.1, 0.15) is 118 Å². The third-order valence-electron chi connectivity index (χ3n) is 8.49. The van der Waals surface area contributed by atoms with Gasteiger partial charge in [0.25, 0.3) is 5.91 Å². The number of Topliss-reactive ketones (excluding diaryl/α,β-unsaturated/α-hetero) is 1. The molecule has 0 fully saturated rings. The summed E-state index contributed by atoms with van der Waals surface area (Å²) in [7, 11) is 1.61. The van der Waals surface area contributed by atoms with Crippen molar-refractivity contribution in [3.8, 4) is 0 Å². The van der Waals surface area contributed by atoms with E-state index in [1.165, 1.54) is 0 Å². The highest BCUT2D eigenvalue weighted by atomic mass is 16.5. The maximum atomic E-state index is 12.8. The number of ether oxygens (including phenoxy) is 2. The summed E-state index contributed by atoms with van der Waals surface area (Å²) in [5.41, 5.74) is 0.973. The topological polar surface area (TPSA) is 142 Å².